The summed E-state index contributed by atoms with van der Waals surface area (Å²) in [5.74, 6) is -1.04. The molecular formula is C15H9F2N3. The van der Waals surface area contributed by atoms with Crippen LogP contribution < -0.4 is 0 Å². The van der Waals surface area contributed by atoms with Crippen LogP contribution in [0.25, 0.3) is 27.3 Å². The van der Waals surface area contributed by atoms with Crippen molar-refractivity contribution in [3.05, 3.63) is 53.9 Å². The maximum atomic E-state index is 14.2. The Morgan fingerprint density at radius 3 is 2.75 bits per heavy atom. The van der Waals surface area contributed by atoms with Gasteiger partial charge in [0.25, 0.3) is 0 Å². The van der Waals surface area contributed by atoms with Crippen LogP contribution in [0, 0.1) is 18.7 Å². The van der Waals surface area contributed by atoms with Crippen LogP contribution in [0.1, 0.15) is 5.69 Å². The highest BCUT2D eigenvalue weighted by Gasteiger charge is 2.14. The molecule has 0 atom stereocenters. The van der Waals surface area contributed by atoms with Crippen molar-refractivity contribution in [2.45, 2.75) is 6.92 Å². The number of hydrogen-bond acceptors (Lipinski definition) is 2. The Hall–Kier alpha value is -2.56. The van der Waals surface area contributed by atoms with Crippen molar-refractivity contribution in [2.24, 2.45) is 0 Å². The molecule has 0 amide bonds. The summed E-state index contributed by atoms with van der Waals surface area (Å²) in [5.41, 5.74) is 2.48. The van der Waals surface area contributed by atoms with Gasteiger partial charge in [-0.2, -0.15) is 9.49 Å². The lowest BCUT2D eigenvalue weighted by molar-refractivity contribution is 0.588. The first-order valence-corrected chi connectivity index (χ1v) is 6.18. The van der Waals surface area contributed by atoms with E-state index in [1.54, 1.807) is 22.7 Å². The second kappa shape index (κ2) is 3.72. The average Bonchev–Trinajstić information content (AvgIpc) is 2.80. The molecule has 0 unspecified atom stereocenters. The summed E-state index contributed by atoms with van der Waals surface area (Å²) >= 11 is 0. The van der Waals surface area contributed by atoms with Gasteiger partial charge in [-0.3, -0.25) is 0 Å². The van der Waals surface area contributed by atoms with Gasteiger partial charge in [0.15, 0.2) is 0 Å². The fourth-order valence-corrected chi connectivity index (χ4v) is 2.64. The lowest BCUT2D eigenvalue weighted by Crippen LogP contribution is -1.97. The Morgan fingerprint density at radius 1 is 1.05 bits per heavy atom. The van der Waals surface area contributed by atoms with E-state index in [4.69, 9.17) is 0 Å². The Bertz CT molecular complexity index is 989. The highest BCUT2D eigenvalue weighted by molar-refractivity contribution is 6.10. The van der Waals surface area contributed by atoms with Gasteiger partial charge in [-0.05, 0) is 31.2 Å². The monoisotopic (exact) mass is 269 g/mol. The van der Waals surface area contributed by atoms with Crippen LogP contribution in [0.15, 0.2) is 36.4 Å². The summed E-state index contributed by atoms with van der Waals surface area (Å²) in [6.07, 6.45) is 0. The number of halogens is 2. The molecule has 20 heavy (non-hydrogen) atoms. The summed E-state index contributed by atoms with van der Waals surface area (Å²) < 4.78 is 29.3. The van der Waals surface area contributed by atoms with Crippen molar-refractivity contribution in [1.82, 2.24) is 14.6 Å². The smallest absolute Gasteiger partial charge is 0.213 e. The molecule has 0 aliphatic rings. The van der Waals surface area contributed by atoms with Crippen LogP contribution in [0.3, 0.4) is 0 Å². The van der Waals surface area contributed by atoms with Crippen molar-refractivity contribution in [1.29, 1.82) is 0 Å². The number of benzene rings is 1. The molecule has 0 radical (unpaired) electrons. The predicted octanol–water partition coefficient (Wildman–Crippen LogP) is 3.62. The molecule has 0 bridgehead atoms. The lowest BCUT2D eigenvalue weighted by Gasteiger charge is -2.07. The molecule has 0 saturated carbocycles. The van der Waals surface area contributed by atoms with Crippen molar-refractivity contribution in [3.8, 4) is 0 Å². The Morgan fingerprint density at radius 2 is 1.90 bits per heavy atom. The van der Waals surface area contributed by atoms with E-state index in [1.807, 2.05) is 13.0 Å². The van der Waals surface area contributed by atoms with Gasteiger partial charge in [0.2, 0.25) is 5.95 Å². The number of fused-ring (bicyclic) bond motifs is 6. The van der Waals surface area contributed by atoms with Gasteiger partial charge in [-0.1, -0.05) is 12.1 Å². The molecule has 3 nitrogen and oxygen atoms in total. The summed E-state index contributed by atoms with van der Waals surface area (Å²) in [6.45, 7) is 1.86. The van der Waals surface area contributed by atoms with Crippen molar-refractivity contribution in [2.75, 3.05) is 0 Å². The predicted molar refractivity (Wildman–Crippen MR) is 72.7 cm³/mol. The van der Waals surface area contributed by atoms with Gasteiger partial charge in [-0.15, -0.1) is 0 Å². The number of aromatic nitrogens is 3. The molecule has 5 heteroatoms. The molecule has 3 aromatic heterocycles. The third kappa shape index (κ3) is 1.37. The molecule has 98 valence electrons. The van der Waals surface area contributed by atoms with Crippen LogP contribution in [0.4, 0.5) is 8.78 Å². The zero-order valence-electron chi connectivity index (χ0n) is 10.6. The number of aryl methyl sites for hydroxylation is 1. The van der Waals surface area contributed by atoms with Crippen LogP contribution in [0.5, 0.6) is 0 Å². The van der Waals surface area contributed by atoms with E-state index in [2.05, 4.69) is 10.1 Å². The molecule has 4 rings (SSSR count). The van der Waals surface area contributed by atoms with Gasteiger partial charge in [0.1, 0.15) is 11.3 Å². The number of nitrogens with zero attached hydrogens (tertiary/aromatic N) is 3. The van der Waals surface area contributed by atoms with E-state index in [-0.39, 0.29) is 5.52 Å². The van der Waals surface area contributed by atoms with Crippen LogP contribution >= 0.6 is 0 Å². The SMILES string of the molecule is Cc1cc2c3cccc(F)c3c3nc(F)ccc3n2n1. The van der Waals surface area contributed by atoms with Crippen LogP contribution in [-0.2, 0) is 0 Å². The largest absolute Gasteiger partial charge is 0.231 e. The lowest BCUT2D eigenvalue weighted by atomic mass is 10.1. The molecule has 0 fully saturated rings. The van der Waals surface area contributed by atoms with Gasteiger partial charge in [0.05, 0.1) is 16.7 Å². The second-order valence-corrected chi connectivity index (χ2v) is 4.75. The van der Waals surface area contributed by atoms with E-state index < -0.39 is 11.8 Å². The highest BCUT2D eigenvalue weighted by atomic mass is 19.1. The minimum Gasteiger partial charge on any atom is -0.231 e. The standard InChI is InChI=1S/C15H9F2N3/c1-8-7-12-9-3-2-4-10(16)14(9)15-11(20(12)19-8)5-6-13(17)18-15/h2-7H,1H3. The van der Waals surface area contributed by atoms with Gasteiger partial charge < -0.3 is 0 Å². The summed E-state index contributed by atoms with van der Waals surface area (Å²) in [6, 6.07) is 9.49. The molecule has 4 aromatic rings. The summed E-state index contributed by atoms with van der Waals surface area (Å²) in [7, 11) is 0. The Labute approximate surface area is 112 Å². The maximum Gasteiger partial charge on any atom is 0.213 e. The zero-order valence-corrected chi connectivity index (χ0v) is 10.6. The molecule has 0 aliphatic carbocycles. The molecule has 0 N–H and O–H groups in total. The quantitative estimate of drug-likeness (QED) is 0.360. The number of hydrogen-bond donors (Lipinski definition) is 0. The Balaban J connectivity index is 2.44. The maximum absolute atomic E-state index is 14.2. The molecular weight excluding hydrogens is 260 g/mol. The van der Waals surface area contributed by atoms with E-state index >= 15 is 0 Å². The topological polar surface area (TPSA) is 30.2 Å². The van der Waals surface area contributed by atoms with E-state index in [0.29, 0.717) is 16.3 Å². The highest BCUT2D eigenvalue weighted by Crippen LogP contribution is 2.30. The fraction of sp³-hybridized carbons (Fsp3) is 0.0667. The molecule has 1 aromatic carbocycles. The Kier molecular flexibility index (Phi) is 2.10. The van der Waals surface area contributed by atoms with Crippen LogP contribution in [-0.4, -0.2) is 14.6 Å². The molecule has 0 spiro atoms. The van der Waals surface area contributed by atoms with Crippen molar-refractivity contribution < 1.29 is 8.78 Å². The van der Waals surface area contributed by atoms with E-state index in [0.717, 1.165) is 11.2 Å². The van der Waals surface area contributed by atoms with Crippen LogP contribution in [0.2, 0.25) is 0 Å². The molecule has 0 aliphatic heterocycles. The first-order valence-electron chi connectivity index (χ1n) is 6.18. The van der Waals surface area contributed by atoms with E-state index in [9.17, 15) is 8.78 Å². The number of pyridine rings is 2. The molecule has 0 saturated heterocycles. The summed E-state index contributed by atoms with van der Waals surface area (Å²) in [5, 5.41) is 5.39. The fourth-order valence-electron chi connectivity index (χ4n) is 2.64. The normalized spacial score (nSPS) is 11.8. The average molecular weight is 269 g/mol. The molecule has 3 heterocycles. The van der Waals surface area contributed by atoms with Gasteiger partial charge in [0, 0.05) is 10.8 Å². The first kappa shape index (κ1) is 11.3. The third-order valence-corrected chi connectivity index (χ3v) is 3.43. The first-order chi connectivity index (χ1) is 9.65. The van der Waals surface area contributed by atoms with Gasteiger partial charge >= 0.3 is 0 Å². The van der Waals surface area contributed by atoms with Crippen molar-refractivity contribution in [3.63, 3.8) is 0 Å². The van der Waals surface area contributed by atoms with Gasteiger partial charge in [-0.25, -0.2) is 13.9 Å². The summed E-state index contributed by atoms with van der Waals surface area (Å²) in [4.78, 5) is 3.86. The zero-order chi connectivity index (χ0) is 13.9. The minimum absolute atomic E-state index is 0.286. The van der Waals surface area contributed by atoms with Crippen molar-refractivity contribution >= 4 is 27.3 Å². The third-order valence-electron chi connectivity index (χ3n) is 3.43. The second-order valence-electron chi connectivity index (χ2n) is 4.75. The van der Waals surface area contributed by atoms with E-state index in [1.165, 1.54) is 12.1 Å². The minimum atomic E-state index is -0.634. The number of rotatable bonds is 0.